The lowest BCUT2D eigenvalue weighted by Crippen LogP contribution is -2.02. The van der Waals surface area contributed by atoms with Gasteiger partial charge < -0.3 is 0 Å². The standard InChI is InChI=1S/C13H20S/c1-5-14-12(4)9-13-7-10(2)6-11(3)8-13/h6-8,12H,5,9H2,1-4H3. The van der Waals surface area contributed by atoms with E-state index < -0.39 is 0 Å². The van der Waals surface area contributed by atoms with Crippen LogP contribution in [0.2, 0.25) is 0 Å². The molecule has 0 amide bonds. The number of hydrogen-bond acceptors (Lipinski definition) is 1. The summed E-state index contributed by atoms with van der Waals surface area (Å²) in [4.78, 5) is 0. The number of hydrogen-bond donors (Lipinski definition) is 0. The first kappa shape index (κ1) is 11.6. The zero-order valence-electron chi connectivity index (χ0n) is 9.63. The molecule has 0 aliphatic rings. The van der Waals surface area contributed by atoms with Crippen molar-refractivity contribution >= 4 is 11.8 Å². The number of benzene rings is 1. The molecule has 0 nitrogen and oxygen atoms in total. The second-order valence-electron chi connectivity index (χ2n) is 3.97. The summed E-state index contributed by atoms with van der Waals surface area (Å²) in [6.45, 7) is 8.89. The number of thioether (sulfide) groups is 1. The van der Waals surface area contributed by atoms with Crippen molar-refractivity contribution < 1.29 is 0 Å². The van der Waals surface area contributed by atoms with Gasteiger partial charge >= 0.3 is 0 Å². The third kappa shape index (κ3) is 3.75. The highest BCUT2D eigenvalue weighted by Gasteiger charge is 2.03. The van der Waals surface area contributed by atoms with Gasteiger partial charge in [0, 0.05) is 5.25 Å². The summed E-state index contributed by atoms with van der Waals surface area (Å²) in [5.41, 5.74) is 4.25. The Morgan fingerprint density at radius 3 is 2.21 bits per heavy atom. The van der Waals surface area contributed by atoms with Crippen molar-refractivity contribution in [3.8, 4) is 0 Å². The molecule has 0 heterocycles. The first-order chi connectivity index (χ1) is 6.61. The van der Waals surface area contributed by atoms with E-state index in [1.165, 1.54) is 28.9 Å². The third-order valence-electron chi connectivity index (χ3n) is 2.26. The van der Waals surface area contributed by atoms with Crippen LogP contribution in [0.5, 0.6) is 0 Å². The van der Waals surface area contributed by atoms with Gasteiger partial charge in [0.2, 0.25) is 0 Å². The van der Waals surface area contributed by atoms with Crippen molar-refractivity contribution in [1.29, 1.82) is 0 Å². The first-order valence-electron chi connectivity index (χ1n) is 5.30. The van der Waals surface area contributed by atoms with Crippen molar-refractivity contribution in [3.63, 3.8) is 0 Å². The van der Waals surface area contributed by atoms with Gasteiger partial charge in [0.25, 0.3) is 0 Å². The maximum Gasteiger partial charge on any atom is 0.00590 e. The minimum absolute atomic E-state index is 0.737. The zero-order chi connectivity index (χ0) is 10.6. The van der Waals surface area contributed by atoms with E-state index in [-0.39, 0.29) is 0 Å². The second-order valence-corrected chi connectivity index (χ2v) is 5.68. The second kappa shape index (κ2) is 5.45. The molecule has 0 aliphatic heterocycles. The Morgan fingerprint density at radius 2 is 1.71 bits per heavy atom. The molecule has 0 N–H and O–H groups in total. The molecule has 0 spiro atoms. The summed E-state index contributed by atoms with van der Waals surface area (Å²) in [5, 5.41) is 0.737. The molecule has 0 saturated carbocycles. The Morgan fingerprint density at radius 1 is 1.14 bits per heavy atom. The Balaban J connectivity index is 2.66. The van der Waals surface area contributed by atoms with Gasteiger partial charge in [0.1, 0.15) is 0 Å². The van der Waals surface area contributed by atoms with E-state index in [0.717, 1.165) is 5.25 Å². The summed E-state index contributed by atoms with van der Waals surface area (Å²) in [6, 6.07) is 6.85. The molecule has 0 fully saturated rings. The molecule has 1 rings (SSSR count). The molecule has 1 unspecified atom stereocenters. The SMILES string of the molecule is CCSC(C)Cc1cc(C)cc(C)c1. The summed E-state index contributed by atoms with van der Waals surface area (Å²) in [7, 11) is 0. The predicted molar refractivity (Wildman–Crippen MR) is 67.2 cm³/mol. The van der Waals surface area contributed by atoms with Crippen LogP contribution >= 0.6 is 11.8 Å². The molecule has 1 heteroatoms. The highest BCUT2D eigenvalue weighted by molar-refractivity contribution is 7.99. The van der Waals surface area contributed by atoms with Crippen LogP contribution in [-0.2, 0) is 6.42 Å². The van der Waals surface area contributed by atoms with Crippen LogP contribution in [-0.4, -0.2) is 11.0 Å². The van der Waals surface area contributed by atoms with E-state index in [1.54, 1.807) is 0 Å². The van der Waals surface area contributed by atoms with Gasteiger partial charge in [0.05, 0.1) is 0 Å². The molecule has 1 atom stereocenters. The van der Waals surface area contributed by atoms with Gasteiger partial charge in [-0.1, -0.05) is 43.2 Å². The molecule has 78 valence electrons. The minimum Gasteiger partial charge on any atom is -0.159 e. The van der Waals surface area contributed by atoms with Crippen molar-refractivity contribution in [3.05, 3.63) is 34.9 Å². The van der Waals surface area contributed by atoms with E-state index in [4.69, 9.17) is 0 Å². The average molecular weight is 208 g/mol. The minimum atomic E-state index is 0.737. The lowest BCUT2D eigenvalue weighted by molar-refractivity contribution is 0.939. The van der Waals surface area contributed by atoms with Gasteiger partial charge in [-0.05, 0) is 31.6 Å². The van der Waals surface area contributed by atoms with Crippen LogP contribution < -0.4 is 0 Å². The fourth-order valence-electron chi connectivity index (χ4n) is 1.86. The van der Waals surface area contributed by atoms with Crippen molar-refractivity contribution in [1.82, 2.24) is 0 Å². The van der Waals surface area contributed by atoms with E-state index in [2.05, 4.69) is 45.9 Å². The van der Waals surface area contributed by atoms with E-state index in [0.29, 0.717) is 0 Å². The van der Waals surface area contributed by atoms with Gasteiger partial charge in [0.15, 0.2) is 0 Å². The molecule has 14 heavy (non-hydrogen) atoms. The monoisotopic (exact) mass is 208 g/mol. The summed E-state index contributed by atoms with van der Waals surface area (Å²) >= 11 is 2.04. The van der Waals surface area contributed by atoms with E-state index >= 15 is 0 Å². The van der Waals surface area contributed by atoms with E-state index in [1.807, 2.05) is 11.8 Å². The Bertz CT molecular complexity index is 271. The van der Waals surface area contributed by atoms with Crippen molar-refractivity contribution in [2.24, 2.45) is 0 Å². The number of rotatable bonds is 4. The molecule has 0 aliphatic carbocycles. The van der Waals surface area contributed by atoms with Gasteiger partial charge in [-0.2, -0.15) is 11.8 Å². The molecule has 0 bridgehead atoms. The number of aryl methyl sites for hydroxylation is 2. The Kier molecular flexibility index (Phi) is 4.53. The molecule has 1 aromatic rings. The van der Waals surface area contributed by atoms with Crippen LogP contribution in [0.1, 0.15) is 30.5 Å². The zero-order valence-corrected chi connectivity index (χ0v) is 10.4. The average Bonchev–Trinajstić information content (AvgIpc) is 2.01. The molecular formula is C13H20S. The van der Waals surface area contributed by atoms with Gasteiger partial charge in [-0.15, -0.1) is 0 Å². The van der Waals surface area contributed by atoms with Crippen LogP contribution in [0.25, 0.3) is 0 Å². The Labute approximate surface area is 92.1 Å². The maximum absolute atomic E-state index is 2.31. The van der Waals surface area contributed by atoms with E-state index in [9.17, 15) is 0 Å². The molecule has 0 saturated heterocycles. The third-order valence-corrected chi connectivity index (χ3v) is 3.32. The maximum atomic E-state index is 2.31. The summed E-state index contributed by atoms with van der Waals surface area (Å²) in [5.74, 6) is 1.21. The molecule has 1 aromatic carbocycles. The first-order valence-corrected chi connectivity index (χ1v) is 6.35. The van der Waals surface area contributed by atoms with Crippen LogP contribution in [0.4, 0.5) is 0 Å². The van der Waals surface area contributed by atoms with Crippen molar-refractivity contribution in [2.75, 3.05) is 5.75 Å². The summed E-state index contributed by atoms with van der Waals surface area (Å²) < 4.78 is 0. The molecule has 0 radical (unpaired) electrons. The smallest absolute Gasteiger partial charge is 0.00590 e. The van der Waals surface area contributed by atoms with Gasteiger partial charge in [-0.3, -0.25) is 0 Å². The largest absolute Gasteiger partial charge is 0.159 e. The molecule has 0 aromatic heterocycles. The highest BCUT2D eigenvalue weighted by Crippen LogP contribution is 2.17. The van der Waals surface area contributed by atoms with Crippen LogP contribution in [0, 0.1) is 13.8 Å². The van der Waals surface area contributed by atoms with Crippen LogP contribution in [0.15, 0.2) is 18.2 Å². The van der Waals surface area contributed by atoms with Crippen molar-refractivity contribution in [2.45, 2.75) is 39.4 Å². The lowest BCUT2D eigenvalue weighted by Gasteiger charge is -2.11. The fraction of sp³-hybridized carbons (Fsp3) is 0.538. The lowest BCUT2D eigenvalue weighted by atomic mass is 10.0. The fourth-order valence-corrected chi connectivity index (χ4v) is 2.74. The molecular weight excluding hydrogens is 188 g/mol. The highest BCUT2D eigenvalue weighted by atomic mass is 32.2. The quantitative estimate of drug-likeness (QED) is 0.721. The topological polar surface area (TPSA) is 0 Å². The Hall–Kier alpha value is -0.430. The van der Waals surface area contributed by atoms with Crippen LogP contribution in [0.3, 0.4) is 0 Å². The predicted octanol–water partition coefficient (Wildman–Crippen LogP) is 3.99. The van der Waals surface area contributed by atoms with Gasteiger partial charge in [-0.25, -0.2) is 0 Å². The summed E-state index contributed by atoms with van der Waals surface area (Å²) in [6.07, 6.45) is 1.20. The normalized spacial score (nSPS) is 12.9.